The van der Waals surface area contributed by atoms with E-state index in [1.54, 1.807) is 0 Å². The molecule has 0 saturated heterocycles. The maximum Gasteiger partial charge on any atom is 0.124 e. The quantitative estimate of drug-likeness (QED) is 0.828. The molecule has 1 aliphatic carbocycles. The lowest BCUT2D eigenvalue weighted by molar-refractivity contribution is 0.340. The van der Waals surface area contributed by atoms with Gasteiger partial charge in [0, 0.05) is 10.4 Å². The summed E-state index contributed by atoms with van der Waals surface area (Å²) in [5.74, 6) is 0.933. The van der Waals surface area contributed by atoms with Crippen molar-refractivity contribution in [2.75, 3.05) is 6.61 Å². The third kappa shape index (κ3) is 2.27. The molecule has 0 saturated carbocycles. The summed E-state index contributed by atoms with van der Waals surface area (Å²) in [7, 11) is 0. The van der Waals surface area contributed by atoms with Gasteiger partial charge in [-0.2, -0.15) is 0 Å². The number of aryl methyl sites for hydroxylation is 2. The van der Waals surface area contributed by atoms with E-state index in [2.05, 4.69) is 12.1 Å². The Bertz CT molecular complexity index is 524. The minimum absolute atomic E-state index is 0.706. The highest BCUT2D eigenvalue weighted by molar-refractivity contribution is 7.15. The second-order valence-corrected chi connectivity index (χ2v) is 5.64. The number of hydrogen-bond acceptors (Lipinski definition) is 3. The predicted octanol–water partition coefficient (Wildman–Crippen LogP) is 4.09. The van der Waals surface area contributed by atoms with Crippen molar-refractivity contribution < 1.29 is 4.74 Å². The lowest BCUT2D eigenvalue weighted by Gasteiger charge is -2.06. The summed E-state index contributed by atoms with van der Waals surface area (Å²) >= 11 is 1.85. The molecule has 2 aromatic rings. The first kappa shape index (κ1) is 11.7. The standard InChI is InChI=1S/C15H17NOS/c1-2-17-12-7-5-6-11(10-12)15-16-13-8-3-4-9-14(13)18-15/h5-7,10H,2-4,8-9H2,1H3. The molecule has 1 aromatic carbocycles. The Balaban J connectivity index is 1.94. The molecule has 0 amide bonds. The van der Waals surface area contributed by atoms with Crippen molar-refractivity contribution >= 4 is 11.3 Å². The first-order valence-electron chi connectivity index (χ1n) is 6.58. The van der Waals surface area contributed by atoms with Crippen LogP contribution < -0.4 is 4.74 Å². The van der Waals surface area contributed by atoms with Crippen molar-refractivity contribution in [2.45, 2.75) is 32.6 Å². The molecule has 1 aromatic heterocycles. The summed E-state index contributed by atoms with van der Waals surface area (Å²) in [5.41, 5.74) is 2.50. The molecule has 0 aliphatic heterocycles. The molecule has 3 heteroatoms. The molecule has 0 bridgehead atoms. The first-order valence-corrected chi connectivity index (χ1v) is 7.40. The van der Waals surface area contributed by atoms with Gasteiger partial charge in [0.2, 0.25) is 0 Å². The van der Waals surface area contributed by atoms with Crippen LogP contribution in [0.3, 0.4) is 0 Å². The molecule has 94 valence electrons. The van der Waals surface area contributed by atoms with Gasteiger partial charge in [0.25, 0.3) is 0 Å². The van der Waals surface area contributed by atoms with Crippen LogP contribution >= 0.6 is 11.3 Å². The Morgan fingerprint density at radius 1 is 1.28 bits per heavy atom. The maximum atomic E-state index is 5.55. The zero-order valence-electron chi connectivity index (χ0n) is 10.6. The van der Waals surface area contributed by atoms with Gasteiger partial charge >= 0.3 is 0 Å². The molecule has 3 rings (SSSR count). The van der Waals surface area contributed by atoms with Crippen LogP contribution in [0.5, 0.6) is 5.75 Å². The van der Waals surface area contributed by atoms with Crippen LogP contribution in [0.15, 0.2) is 24.3 Å². The van der Waals surface area contributed by atoms with Crippen molar-refractivity contribution in [3.05, 3.63) is 34.8 Å². The fourth-order valence-corrected chi connectivity index (χ4v) is 3.51. The van der Waals surface area contributed by atoms with Gasteiger partial charge in [0.05, 0.1) is 12.3 Å². The summed E-state index contributed by atoms with van der Waals surface area (Å²) < 4.78 is 5.55. The van der Waals surface area contributed by atoms with Crippen LogP contribution in [0.25, 0.3) is 10.6 Å². The first-order chi connectivity index (χ1) is 8.86. The number of aromatic nitrogens is 1. The summed E-state index contributed by atoms with van der Waals surface area (Å²) in [6.45, 7) is 2.71. The third-order valence-corrected chi connectivity index (χ3v) is 4.44. The summed E-state index contributed by atoms with van der Waals surface area (Å²) in [4.78, 5) is 6.27. The Labute approximate surface area is 112 Å². The minimum atomic E-state index is 0.706. The SMILES string of the molecule is CCOc1cccc(-c2nc3c(s2)CCCC3)c1. The predicted molar refractivity (Wildman–Crippen MR) is 75.4 cm³/mol. The fourth-order valence-electron chi connectivity index (χ4n) is 2.36. The van der Waals surface area contributed by atoms with E-state index in [1.165, 1.54) is 35.4 Å². The molecule has 0 N–H and O–H groups in total. The zero-order valence-corrected chi connectivity index (χ0v) is 11.4. The number of hydrogen-bond donors (Lipinski definition) is 0. The Morgan fingerprint density at radius 2 is 2.17 bits per heavy atom. The van der Waals surface area contributed by atoms with Gasteiger partial charge in [0.15, 0.2) is 0 Å². The molecule has 1 heterocycles. The van der Waals surface area contributed by atoms with Crippen molar-refractivity contribution in [1.82, 2.24) is 4.98 Å². The smallest absolute Gasteiger partial charge is 0.124 e. The molecule has 2 nitrogen and oxygen atoms in total. The van der Waals surface area contributed by atoms with Crippen LogP contribution in [0.2, 0.25) is 0 Å². The van der Waals surface area contributed by atoms with Gasteiger partial charge in [-0.15, -0.1) is 11.3 Å². The van der Waals surface area contributed by atoms with Crippen LogP contribution in [-0.2, 0) is 12.8 Å². The second-order valence-electron chi connectivity index (χ2n) is 4.56. The molecule has 0 unspecified atom stereocenters. The van der Waals surface area contributed by atoms with Crippen LogP contribution in [0, 0.1) is 0 Å². The van der Waals surface area contributed by atoms with E-state index in [4.69, 9.17) is 9.72 Å². The molecule has 0 fully saturated rings. The fraction of sp³-hybridized carbons (Fsp3) is 0.400. The minimum Gasteiger partial charge on any atom is -0.494 e. The number of thiazole rings is 1. The van der Waals surface area contributed by atoms with Gasteiger partial charge in [-0.3, -0.25) is 0 Å². The van der Waals surface area contributed by atoms with Crippen LogP contribution in [0.1, 0.15) is 30.3 Å². The third-order valence-electron chi connectivity index (χ3n) is 3.24. The van der Waals surface area contributed by atoms with Crippen molar-refractivity contribution in [3.8, 4) is 16.3 Å². The number of benzene rings is 1. The van der Waals surface area contributed by atoms with E-state index in [9.17, 15) is 0 Å². The topological polar surface area (TPSA) is 22.1 Å². The van der Waals surface area contributed by atoms with Gasteiger partial charge in [0.1, 0.15) is 10.8 Å². The zero-order chi connectivity index (χ0) is 12.4. The van der Waals surface area contributed by atoms with Crippen LogP contribution in [0.4, 0.5) is 0 Å². The number of rotatable bonds is 3. The number of fused-ring (bicyclic) bond motifs is 1. The summed E-state index contributed by atoms with van der Waals surface area (Å²) in [6, 6.07) is 8.25. The molecule has 0 spiro atoms. The van der Waals surface area contributed by atoms with Crippen molar-refractivity contribution in [1.29, 1.82) is 0 Å². The highest BCUT2D eigenvalue weighted by Gasteiger charge is 2.16. The largest absolute Gasteiger partial charge is 0.494 e. The molecule has 0 atom stereocenters. The van der Waals surface area contributed by atoms with Gasteiger partial charge in [-0.25, -0.2) is 4.98 Å². The Kier molecular flexibility index (Phi) is 3.33. The average molecular weight is 259 g/mol. The molecule has 0 radical (unpaired) electrons. The molecule has 18 heavy (non-hydrogen) atoms. The molecule has 1 aliphatic rings. The normalized spacial score (nSPS) is 14.3. The van der Waals surface area contributed by atoms with E-state index >= 15 is 0 Å². The Morgan fingerprint density at radius 3 is 3.00 bits per heavy atom. The highest BCUT2D eigenvalue weighted by Crippen LogP contribution is 2.33. The van der Waals surface area contributed by atoms with Gasteiger partial charge in [-0.05, 0) is 44.7 Å². The van der Waals surface area contributed by atoms with Crippen LogP contribution in [-0.4, -0.2) is 11.6 Å². The lowest BCUT2D eigenvalue weighted by atomic mass is 10.0. The molecular weight excluding hydrogens is 242 g/mol. The van der Waals surface area contributed by atoms with Gasteiger partial charge in [-0.1, -0.05) is 12.1 Å². The van der Waals surface area contributed by atoms with E-state index in [1.807, 2.05) is 30.4 Å². The molecular formula is C15H17NOS. The van der Waals surface area contributed by atoms with Crippen molar-refractivity contribution in [2.24, 2.45) is 0 Å². The monoisotopic (exact) mass is 259 g/mol. The maximum absolute atomic E-state index is 5.55. The lowest BCUT2D eigenvalue weighted by Crippen LogP contribution is -1.98. The van der Waals surface area contributed by atoms with E-state index < -0.39 is 0 Å². The van der Waals surface area contributed by atoms with Crippen molar-refractivity contribution in [3.63, 3.8) is 0 Å². The van der Waals surface area contributed by atoms with Gasteiger partial charge < -0.3 is 4.74 Å². The number of ether oxygens (including phenoxy) is 1. The highest BCUT2D eigenvalue weighted by atomic mass is 32.1. The Hall–Kier alpha value is -1.35. The summed E-state index contributed by atoms with van der Waals surface area (Å²) in [6.07, 6.45) is 4.96. The summed E-state index contributed by atoms with van der Waals surface area (Å²) in [5, 5.41) is 1.14. The van der Waals surface area contributed by atoms with E-state index in [0.29, 0.717) is 6.61 Å². The van der Waals surface area contributed by atoms with E-state index in [0.717, 1.165) is 17.2 Å². The second kappa shape index (κ2) is 5.11. The average Bonchev–Trinajstić information content (AvgIpc) is 2.83. The van der Waals surface area contributed by atoms with E-state index in [-0.39, 0.29) is 0 Å². The number of nitrogens with zero attached hydrogens (tertiary/aromatic N) is 1.